The second-order valence-corrected chi connectivity index (χ2v) is 6.52. The number of carboxylic acid groups (broad SMARTS) is 1. The van der Waals surface area contributed by atoms with Gasteiger partial charge in [0, 0.05) is 0 Å². The maximum atomic E-state index is 12.8. The van der Waals surface area contributed by atoms with Crippen molar-refractivity contribution in [3.05, 3.63) is 40.9 Å². The van der Waals surface area contributed by atoms with Gasteiger partial charge in [0.15, 0.2) is 0 Å². The number of aromatic carboxylic acids is 1. The van der Waals surface area contributed by atoms with Crippen LogP contribution in [0, 0.1) is 11.8 Å². The summed E-state index contributed by atoms with van der Waals surface area (Å²) in [6, 6.07) is 4.10. The Bertz CT molecular complexity index is 804. The fourth-order valence-corrected chi connectivity index (χ4v) is 3.92. The lowest BCUT2D eigenvalue weighted by molar-refractivity contribution is -0.126. The molecule has 3 heterocycles. The smallest absolute Gasteiger partial charge is 0.337 e. The van der Waals surface area contributed by atoms with Gasteiger partial charge < -0.3 is 9.84 Å². The predicted molar refractivity (Wildman–Crippen MR) is 80.3 cm³/mol. The fraction of sp³-hybridized carbons (Fsp3) is 0.312. The molecule has 0 aromatic heterocycles. The summed E-state index contributed by atoms with van der Waals surface area (Å²) in [7, 11) is 0. The van der Waals surface area contributed by atoms with E-state index in [1.807, 2.05) is 6.08 Å². The fourth-order valence-electron chi connectivity index (χ4n) is 3.72. The maximum absolute atomic E-state index is 12.8. The van der Waals surface area contributed by atoms with Gasteiger partial charge >= 0.3 is 5.97 Å². The number of halogens is 1. The number of fused-ring (bicyclic) bond motifs is 5. The standard InChI is InChI=1S/C16H12ClNO5/c1-16-5-4-10(23-16)11-12(16)14(20)18(13(11)19)7-2-3-9(17)8(6-7)15(21)22/h2-6,10-12H,1H3,(H,21,22)/t10-,11-,12+,16+/m0/s1. The SMILES string of the molecule is C[C@]12C=C[C@H](O1)[C@@H]1C(=O)N(c3ccc(Cl)c(C(=O)O)c3)C(=O)[C@@H]12. The number of anilines is 1. The van der Waals surface area contributed by atoms with Crippen LogP contribution < -0.4 is 4.90 Å². The topological polar surface area (TPSA) is 83.9 Å². The van der Waals surface area contributed by atoms with Crippen molar-refractivity contribution >= 4 is 35.1 Å². The van der Waals surface area contributed by atoms with Gasteiger partial charge in [-0.05, 0) is 25.1 Å². The zero-order valence-corrected chi connectivity index (χ0v) is 12.8. The van der Waals surface area contributed by atoms with Gasteiger partial charge in [0.05, 0.1) is 39.8 Å². The van der Waals surface area contributed by atoms with E-state index in [1.54, 1.807) is 13.0 Å². The molecule has 3 aliphatic rings. The first-order valence-electron chi connectivity index (χ1n) is 7.11. The Labute approximate surface area is 136 Å². The van der Waals surface area contributed by atoms with Crippen molar-refractivity contribution in [1.82, 2.24) is 0 Å². The number of ether oxygens (including phenoxy) is 1. The molecule has 3 aliphatic heterocycles. The van der Waals surface area contributed by atoms with Crippen LogP contribution in [0.4, 0.5) is 5.69 Å². The summed E-state index contributed by atoms with van der Waals surface area (Å²) in [5.74, 6) is -3.08. The Morgan fingerprint density at radius 1 is 1.35 bits per heavy atom. The third-order valence-corrected chi connectivity index (χ3v) is 5.10. The Balaban J connectivity index is 1.78. The molecule has 23 heavy (non-hydrogen) atoms. The highest BCUT2D eigenvalue weighted by Gasteiger charge is 2.66. The third kappa shape index (κ3) is 1.76. The lowest BCUT2D eigenvalue weighted by Gasteiger charge is -2.24. The van der Waals surface area contributed by atoms with Crippen molar-refractivity contribution in [2.75, 3.05) is 4.90 Å². The zero-order valence-electron chi connectivity index (χ0n) is 12.0. The van der Waals surface area contributed by atoms with Gasteiger partial charge in [-0.1, -0.05) is 23.8 Å². The molecule has 6 nitrogen and oxygen atoms in total. The predicted octanol–water partition coefficient (Wildman–Crippen LogP) is 1.87. The lowest BCUT2D eigenvalue weighted by atomic mass is 9.78. The molecule has 0 radical (unpaired) electrons. The molecule has 0 unspecified atom stereocenters. The first-order chi connectivity index (χ1) is 10.8. The van der Waals surface area contributed by atoms with Crippen molar-refractivity contribution in [3.63, 3.8) is 0 Å². The molecule has 4 atom stereocenters. The number of hydrogen-bond acceptors (Lipinski definition) is 4. The number of rotatable bonds is 2. The largest absolute Gasteiger partial charge is 0.478 e. The Morgan fingerprint density at radius 3 is 2.74 bits per heavy atom. The van der Waals surface area contributed by atoms with Gasteiger partial charge in [0.2, 0.25) is 11.8 Å². The Hall–Kier alpha value is -2.18. The highest BCUT2D eigenvalue weighted by molar-refractivity contribution is 6.34. The maximum Gasteiger partial charge on any atom is 0.337 e. The van der Waals surface area contributed by atoms with Crippen LogP contribution in [0.1, 0.15) is 17.3 Å². The summed E-state index contributed by atoms with van der Waals surface area (Å²) in [6.07, 6.45) is 3.22. The molecular formula is C16H12ClNO5. The van der Waals surface area contributed by atoms with Crippen LogP contribution in [0.2, 0.25) is 5.02 Å². The molecule has 0 saturated carbocycles. The molecule has 2 bridgehead atoms. The molecule has 2 saturated heterocycles. The van der Waals surface area contributed by atoms with E-state index in [2.05, 4.69) is 0 Å². The second-order valence-electron chi connectivity index (χ2n) is 6.11. The minimum atomic E-state index is -1.21. The number of nitrogens with zero attached hydrogens (tertiary/aromatic N) is 1. The van der Waals surface area contributed by atoms with E-state index in [-0.39, 0.29) is 28.1 Å². The van der Waals surface area contributed by atoms with Crippen LogP contribution >= 0.6 is 11.6 Å². The summed E-state index contributed by atoms with van der Waals surface area (Å²) in [5, 5.41) is 9.21. The first-order valence-corrected chi connectivity index (χ1v) is 7.49. The molecule has 0 aliphatic carbocycles. The number of carbonyl (C=O) groups excluding carboxylic acids is 2. The molecule has 7 heteroatoms. The summed E-state index contributed by atoms with van der Waals surface area (Å²) in [4.78, 5) is 37.7. The normalized spacial score (nSPS) is 34.3. The van der Waals surface area contributed by atoms with E-state index in [1.165, 1.54) is 18.2 Å². The molecule has 2 amide bonds. The van der Waals surface area contributed by atoms with Crippen LogP contribution in [0.5, 0.6) is 0 Å². The van der Waals surface area contributed by atoms with E-state index in [0.717, 1.165) is 4.90 Å². The van der Waals surface area contributed by atoms with E-state index in [4.69, 9.17) is 21.4 Å². The molecule has 1 N–H and O–H groups in total. The number of imide groups is 1. The summed E-state index contributed by atoms with van der Waals surface area (Å²) in [5.41, 5.74) is -0.705. The number of amides is 2. The van der Waals surface area contributed by atoms with Crippen LogP contribution in [0.15, 0.2) is 30.4 Å². The van der Waals surface area contributed by atoms with E-state index in [9.17, 15) is 14.4 Å². The van der Waals surface area contributed by atoms with Crippen molar-refractivity contribution in [2.45, 2.75) is 18.6 Å². The van der Waals surface area contributed by atoms with E-state index >= 15 is 0 Å². The molecule has 1 aromatic carbocycles. The van der Waals surface area contributed by atoms with Crippen LogP contribution in [-0.2, 0) is 14.3 Å². The van der Waals surface area contributed by atoms with E-state index in [0.29, 0.717) is 0 Å². The quantitative estimate of drug-likeness (QED) is 0.660. The third-order valence-electron chi connectivity index (χ3n) is 4.77. The zero-order chi connectivity index (χ0) is 16.5. The Kier molecular flexibility index (Phi) is 2.77. The van der Waals surface area contributed by atoms with Crippen molar-refractivity contribution in [2.24, 2.45) is 11.8 Å². The monoisotopic (exact) mass is 333 g/mol. The highest BCUT2D eigenvalue weighted by atomic mass is 35.5. The number of benzene rings is 1. The number of carbonyl (C=O) groups is 3. The average molecular weight is 334 g/mol. The average Bonchev–Trinajstić information content (AvgIpc) is 3.09. The van der Waals surface area contributed by atoms with Crippen molar-refractivity contribution < 1.29 is 24.2 Å². The van der Waals surface area contributed by atoms with Crippen molar-refractivity contribution in [1.29, 1.82) is 0 Å². The lowest BCUT2D eigenvalue weighted by Crippen LogP contribution is -2.38. The van der Waals surface area contributed by atoms with Gasteiger partial charge in [-0.3, -0.25) is 9.59 Å². The van der Waals surface area contributed by atoms with E-state index < -0.39 is 29.5 Å². The minimum Gasteiger partial charge on any atom is -0.478 e. The molecular weight excluding hydrogens is 322 g/mol. The summed E-state index contributed by atoms with van der Waals surface area (Å²) in [6.45, 7) is 1.79. The van der Waals surface area contributed by atoms with Gasteiger partial charge in [0.1, 0.15) is 0 Å². The van der Waals surface area contributed by atoms with Crippen molar-refractivity contribution in [3.8, 4) is 0 Å². The van der Waals surface area contributed by atoms with Gasteiger partial charge in [-0.25, -0.2) is 9.69 Å². The molecule has 0 spiro atoms. The molecule has 118 valence electrons. The molecule has 2 fully saturated rings. The van der Waals surface area contributed by atoms with Crippen LogP contribution in [-0.4, -0.2) is 34.6 Å². The summed E-state index contributed by atoms with van der Waals surface area (Å²) >= 11 is 5.85. The van der Waals surface area contributed by atoms with Gasteiger partial charge in [-0.2, -0.15) is 0 Å². The Morgan fingerprint density at radius 2 is 2.09 bits per heavy atom. The molecule has 1 aromatic rings. The van der Waals surface area contributed by atoms with Gasteiger partial charge in [-0.15, -0.1) is 0 Å². The minimum absolute atomic E-state index is 0.0533. The summed E-state index contributed by atoms with van der Waals surface area (Å²) < 4.78 is 5.74. The number of hydrogen-bond donors (Lipinski definition) is 1. The number of carboxylic acids is 1. The first kappa shape index (κ1) is 14.4. The second kappa shape index (κ2) is 4.43. The molecule has 4 rings (SSSR count). The van der Waals surface area contributed by atoms with Crippen LogP contribution in [0.3, 0.4) is 0 Å². The highest BCUT2D eigenvalue weighted by Crippen LogP contribution is 2.52. The van der Waals surface area contributed by atoms with Gasteiger partial charge in [0.25, 0.3) is 0 Å². The van der Waals surface area contributed by atoms with Crippen LogP contribution in [0.25, 0.3) is 0 Å².